The van der Waals surface area contributed by atoms with Gasteiger partial charge in [0.1, 0.15) is 0 Å². The molecule has 1 saturated heterocycles. The lowest BCUT2D eigenvalue weighted by molar-refractivity contribution is -0.143. The van der Waals surface area contributed by atoms with E-state index in [0.29, 0.717) is 24.1 Å². The summed E-state index contributed by atoms with van der Waals surface area (Å²) in [6.45, 7) is 1.36. The van der Waals surface area contributed by atoms with Crippen molar-refractivity contribution in [2.45, 2.75) is 44.0 Å². The second-order valence-electron chi connectivity index (χ2n) is 9.07. The third-order valence-electron chi connectivity index (χ3n) is 6.12. The number of amides is 1. The van der Waals surface area contributed by atoms with Crippen LogP contribution in [0.4, 0.5) is 26.3 Å². The maximum atomic E-state index is 13.2. The second-order valence-corrected chi connectivity index (χ2v) is 11.5. The van der Waals surface area contributed by atoms with Gasteiger partial charge in [-0.05, 0) is 54.3 Å². The molecule has 0 unspecified atom stereocenters. The van der Waals surface area contributed by atoms with Crippen molar-refractivity contribution in [3.05, 3.63) is 68.7 Å². The lowest BCUT2D eigenvalue weighted by Crippen LogP contribution is -2.36. The predicted octanol–water partition coefficient (Wildman–Crippen LogP) is 6.64. The number of alkyl halides is 6. The number of hydrogen-bond donors (Lipinski definition) is 0. The first-order chi connectivity index (χ1) is 18.3. The Hall–Kier alpha value is -2.53. The molecule has 0 aliphatic carbocycles. The van der Waals surface area contributed by atoms with Gasteiger partial charge in [0.15, 0.2) is 0 Å². The zero-order valence-electron chi connectivity index (χ0n) is 21.2. The first kappa shape index (κ1) is 33.7. The van der Waals surface area contributed by atoms with Crippen LogP contribution in [0.3, 0.4) is 0 Å². The van der Waals surface area contributed by atoms with Crippen LogP contribution in [0, 0.1) is 11.3 Å². The summed E-state index contributed by atoms with van der Waals surface area (Å²) in [5.74, 6) is -0.682. The molecular formula is C25H24Cl2F6N2O4S. The van der Waals surface area contributed by atoms with E-state index in [1.54, 1.807) is 18.2 Å². The minimum absolute atomic E-state index is 0.000905. The molecule has 0 bridgehead atoms. The minimum atomic E-state index is -5.03. The number of nitrogens with zero attached hydrogens (tertiary/aromatic N) is 2. The minimum Gasteiger partial charge on any atom is -0.341 e. The van der Waals surface area contributed by atoms with Gasteiger partial charge in [0, 0.05) is 25.4 Å². The van der Waals surface area contributed by atoms with E-state index < -0.39 is 56.9 Å². The van der Waals surface area contributed by atoms with Gasteiger partial charge in [-0.2, -0.15) is 40.0 Å². The fourth-order valence-electron chi connectivity index (χ4n) is 4.29. The topological polar surface area (TPSA) is 87.5 Å². The molecule has 220 valence electrons. The van der Waals surface area contributed by atoms with Gasteiger partial charge in [-0.1, -0.05) is 29.3 Å². The van der Waals surface area contributed by atoms with Crippen LogP contribution in [0.1, 0.15) is 42.0 Å². The first-order valence-corrected chi connectivity index (χ1v) is 14.1. The summed E-state index contributed by atoms with van der Waals surface area (Å²) in [6.07, 6.45) is -9.41. The summed E-state index contributed by atoms with van der Waals surface area (Å²) in [4.78, 5) is 14.3. The van der Waals surface area contributed by atoms with E-state index in [9.17, 15) is 39.6 Å². The third-order valence-corrected chi connectivity index (χ3v) is 7.45. The maximum Gasteiger partial charge on any atom is 0.416 e. The molecule has 0 spiro atoms. The SMILES string of the molecule is CC#N.CS(=O)(=O)OCC[C@]1(c2ccc(Cl)c(Cl)c2)CCN(C(=O)Cc2cc(C(F)(F)F)cc(C(F)(F)F)c2)C1. The molecule has 1 fully saturated rings. The zero-order chi connectivity index (χ0) is 30.5. The van der Waals surface area contributed by atoms with Gasteiger partial charge >= 0.3 is 12.4 Å². The third kappa shape index (κ3) is 9.26. The Balaban J connectivity index is 0.00000178. The van der Waals surface area contributed by atoms with E-state index in [-0.39, 0.29) is 42.2 Å². The lowest BCUT2D eigenvalue weighted by atomic mass is 9.77. The number of benzene rings is 2. The van der Waals surface area contributed by atoms with E-state index in [1.807, 2.05) is 0 Å². The molecule has 1 atom stereocenters. The summed E-state index contributed by atoms with van der Waals surface area (Å²) in [5, 5.41) is 7.81. The Morgan fingerprint density at radius 2 is 1.60 bits per heavy atom. The van der Waals surface area contributed by atoms with Crippen LogP contribution in [0.2, 0.25) is 10.0 Å². The van der Waals surface area contributed by atoms with Crippen molar-refractivity contribution in [1.29, 1.82) is 5.26 Å². The Morgan fingerprint density at radius 3 is 2.08 bits per heavy atom. The number of carbonyl (C=O) groups excluding carboxylic acids is 1. The van der Waals surface area contributed by atoms with E-state index in [4.69, 9.17) is 32.6 Å². The van der Waals surface area contributed by atoms with Crippen LogP contribution in [0.5, 0.6) is 0 Å². The summed E-state index contributed by atoms with van der Waals surface area (Å²) in [6, 6.07) is 7.56. The normalized spacial score (nSPS) is 17.7. The van der Waals surface area contributed by atoms with E-state index >= 15 is 0 Å². The molecule has 1 aliphatic heterocycles. The van der Waals surface area contributed by atoms with Crippen molar-refractivity contribution >= 4 is 39.2 Å². The number of halogens is 8. The van der Waals surface area contributed by atoms with Crippen LogP contribution in [-0.4, -0.2) is 45.2 Å². The Bertz CT molecular complexity index is 1340. The van der Waals surface area contributed by atoms with Crippen molar-refractivity contribution in [3.8, 4) is 6.07 Å². The monoisotopic (exact) mass is 632 g/mol. The van der Waals surface area contributed by atoms with E-state index in [2.05, 4.69) is 0 Å². The van der Waals surface area contributed by atoms with Crippen LogP contribution in [0.15, 0.2) is 36.4 Å². The lowest BCUT2D eigenvalue weighted by Gasteiger charge is -2.30. The molecule has 6 nitrogen and oxygen atoms in total. The highest BCUT2D eigenvalue weighted by Crippen LogP contribution is 2.41. The van der Waals surface area contributed by atoms with Crippen LogP contribution in [-0.2, 0) is 43.3 Å². The van der Waals surface area contributed by atoms with Crippen molar-refractivity contribution in [2.24, 2.45) is 0 Å². The average molecular weight is 633 g/mol. The van der Waals surface area contributed by atoms with Crippen LogP contribution in [0.25, 0.3) is 0 Å². The molecule has 2 aromatic carbocycles. The van der Waals surface area contributed by atoms with Gasteiger partial charge in [-0.15, -0.1) is 0 Å². The number of hydrogen-bond acceptors (Lipinski definition) is 5. The summed E-state index contributed by atoms with van der Waals surface area (Å²) < 4.78 is 107. The smallest absolute Gasteiger partial charge is 0.341 e. The maximum absolute atomic E-state index is 13.2. The van der Waals surface area contributed by atoms with Crippen LogP contribution >= 0.6 is 23.2 Å². The molecule has 40 heavy (non-hydrogen) atoms. The van der Waals surface area contributed by atoms with E-state index in [1.165, 1.54) is 17.9 Å². The van der Waals surface area contributed by atoms with Crippen LogP contribution < -0.4 is 0 Å². The predicted molar refractivity (Wildman–Crippen MR) is 136 cm³/mol. The van der Waals surface area contributed by atoms with Gasteiger partial charge in [0.05, 0.1) is 46.5 Å². The molecule has 1 heterocycles. The fourth-order valence-corrected chi connectivity index (χ4v) is 4.98. The molecule has 1 amide bonds. The summed E-state index contributed by atoms with van der Waals surface area (Å²) >= 11 is 12.1. The van der Waals surface area contributed by atoms with Crippen molar-refractivity contribution in [1.82, 2.24) is 4.90 Å². The van der Waals surface area contributed by atoms with Gasteiger partial charge in [0.25, 0.3) is 10.1 Å². The Kier molecular flexibility index (Phi) is 10.9. The summed E-state index contributed by atoms with van der Waals surface area (Å²) in [5.41, 5.74) is -3.64. The molecule has 2 aromatic rings. The largest absolute Gasteiger partial charge is 0.416 e. The molecule has 15 heteroatoms. The molecule has 0 N–H and O–H groups in total. The average Bonchev–Trinajstić information content (AvgIpc) is 3.25. The van der Waals surface area contributed by atoms with E-state index in [0.717, 1.165) is 6.26 Å². The van der Waals surface area contributed by atoms with Crippen molar-refractivity contribution in [3.63, 3.8) is 0 Å². The molecular weight excluding hydrogens is 609 g/mol. The molecule has 0 saturated carbocycles. The fraction of sp³-hybridized carbons (Fsp3) is 0.440. The highest BCUT2D eigenvalue weighted by Gasteiger charge is 2.42. The number of rotatable bonds is 7. The van der Waals surface area contributed by atoms with Gasteiger partial charge < -0.3 is 4.90 Å². The molecule has 0 aromatic heterocycles. The summed E-state index contributed by atoms with van der Waals surface area (Å²) in [7, 11) is -3.75. The quantitative estimate of drug-likeness (QED) is 0.252. The van der Waals surface area contributed by atoms with Gasteiger partial charge in [0.2, 0.25) is 5.91 Å². The van der Waals surface area contributed by atoms with Gasteiger partial charge in [-0.3, -0.25) is 8.98 Å². The van der Waals surface area contributed by atoms with Gasteiger partial charge in [-0.25, -0.2) is 0 Å². The highest BCUT2D eigenvalue weighted by atomic mass is 35.5. The zero-order valence-corrected chi connectivity index (χ0v) is 23.5. The van der Waals surface area contributed by atoms with Crippen molar-refractivity contribution < 1.29 is 43.7 Å². The standard InChI is InChI=1S/C23H21Cl2F6NO4S.C2H3N/c1-37(34,35)36-7-5-21(15-2-3-18(24)19(25)12-15)4-6-32(13-21)20(33)10-14-8-16(22(26,27)28)11-17(9-14)23(29,30)31;1-2-3/h2-3,8-9,11-12H,4-7,10,13H2,1H3;1H3/t21-;/m1./s1. The number of carbonyl (C=O) groups is 1. The Morgan fingerprint density at radius 1 is 1.05 bits per heavy atom. The first-order valence-electron chi connectivity index (χ1n) is 11.5. The molecule has 1 aliphatic rings. The molecule has 0 radical (unpaired) electrons. The molecule has 3 rings (SSSR count). The number of likely N-dealkylation sites (tertiary alicyclic amines) is 1. The second kappa shape index (κ2) is 13.0. The number of nitriles is 1. The van der Waals surface area contributed by atoms with Crippen molar-refractivity contribution in [2.75, 3.05) is 26.0 Å². The highest BCUT2D eigenvalue weighted by molar-refractivity contribution is 7.85. The Labute approximate surface area is 237 Å².